The van der Waals surface area contributed by atoms with Crippen LogP contribution in [0, 0.1) is 0 Å². The summed E-state index contributed by atoms with van der Waals surface area (Å²) in [4.78, 5) is 9.71. The van der Waals surface area contributed by atoms with Crippen LogP contribution in [0.15, 0.2) is 0 Å². The molecule has 2 heteroatoms. The fourth-order valence-corrected chi connectivity index (χ4v) is 0.801. The minimum Gasteiger partial charge on any atom is -0.542 e. The van der Waals surface area contributed by atoms with Crippen molar-refractivity contribution in [2.24, 2.45) is 0 Å². The molecule has 0 aromatic heterocycles. The van der Waals surface area contributed by atoms with Gasteiger partial charge in [-0.05, 0) is 0 Å². The van der Waals surface area contributed by atoms with Gasteiger partial charge in [0.15, 0.2) is 0 Å². The second kappa shape index (κ2) is 12.1. The maximum Gasteiger partial charge on any atom is 1.00 e. The molecule has 64 valence electrons. The number of rotatable bonds is 6. The minimum atomic E-state index is 0. The van der Waals surface area contributed by atoms with Gasteiger partial charge in [-0.1, -0.05) is 39.0 Å². The molecule has 0 saturated heterocycles. The van der Waals surface area contributed by atoms with E-state index in [1.807, 2.05) is 6.29 Å². The van der Waals surface area contributed by atoms with Crippen LogP contribution in [0.3, 0.4) is 0 Å². The van der Waals surface area contributed by atoms with Crippen LogP contribution < -0.4 is 0 Å². The van der Waals surface area contributed by atoms with E-state index in [1.165, 1.54) is 25.7 Å². The predicted octanol–water partition coefficient (Wildman–Crippen LogP) is 2.45. The molecule has 0 aliphatic carbocycles. The zero-order valence-electron chi connectivity index (χ0n) is 6.45. The normalized spacial score (nSPS) is 8.50. The van der Waals surface area contributed by atoms with Gasteiger partial charge in [-0.15, -0.1) is 0 Å². The maximum absolute atomic E-state index is 9.71. The molecule has 0 amide bonds. The molecule has 0 unspecified atom stereocenters. The van der Waals surface area contributed by atoms with E-state index in [0.29, 0.717) is 6.42 Å². The Balaban J connectivity index is 0. The van der Waals surface area contributed by atoms with Crippen LogP contribution in [0.1, 0.15) is 45.4 Å². The Morgan fingerprint density at radius 2 is 1.70 bits per heavy atom. The van der Waals surface area contributed by atoms with Gasteiger partial charge in [-0.3, -0.25) is 6.29 Å². The van der Waals surface area contributed by atoms with Crippen LogP contribution in [0.25, 0.3) is 0 Å². The quantitative estimate of drug-likeness (QED) is 0.417. The van der Waals surface area contributed by atoms with E-state index in [-0.39, 0.29) is 22.4 Å². The van der Waals surface area contributed by atoms with Gasteiger partial charge < -0.3 is 4.79 Å². The van der Waals surface area contributed by atoms with Gasteiger partial charge in [0.25, 0.3) is 0 Å². The Morgan fingerprint density at radius 1 is 1.10 bits per heavy atom. The van der Waals surface area contributed by atoms with E-state index in [1.54, 1.807) is 0 Å². The smallest absolute Gasteiger partial charge is 0.542 e. The van der Waals surface area contributed by atoms with E-state index in [4.69, 9.17) is 0 Å². The van der Waals surface area contributed by atoms with Crippen LogP contribution in [-0.2, 0) is 27.2 Å². The first-order valence-electron chi connectivity index (χ1n) is 3.76. The fourth-order valence-electron chi connectivity index (χ4n) is 0.801. The van der Waals surface area contributed by atoms with E-state index < -0.39 is 0 Å². The Kier molecular flexibility index (Phi) is 15.8. The molecule has 0 rings (SSSR count). The SMILES string of the molecule is CCCCCCC[C-]=O.[Au+]. The number of unbranched alkanes of at least 4 members (excludes halogenated alkanes) is 5. The van der Waals surface area contributed by atoms with E-state index in [0.717, 1.165) is 6.42 Å². The van der Waals surface area contributed by atoms with Crippen molar-refractivity contribution in [1.82, 2.24) is 0 Å². The third kappa shape index (κ3) is 11.2. The third-order valence-electron chi connectivity index (χ3n) is 1.38. The molecule has 0 bridgehead atoms. The molecule has 0 aliphatic heterocycles. The van der Waals surface area contributed by atoms with Gasteiger partial charge in [-0.25, -0.2) is 0 Å². The average molecular weight is 324 g/mol. The second-order valence-corrected chi connectivity index (χ2v) is 2.31. The van der Waals surface area contributed by atoms with Crippen LogP contribution in [-0.4, -0.2) is 6.29 Å². The summed E-state index contributed by atoms with van der Waals surface area (Å²) in [6, 6.07) is 0. The third-order valence-corrected chi connectivity index (χ3v) is 1.38. The van der Waals surface area contributed by atoms with Gasteiger partial charge in [0.05, 0.1) is 0 Å². The molecule has 0 saturated carbocycles. The summed E-state index contributed by atoms with van der Waals surface area (Å²) in [5, 5.41) is 0. The Morgan fingerprint density at radius 3 is 2.20 bits per heavy atom. The summed E-state index contributed by atoms with van der Waals surface area (Å²) in [6.45, 7) is 2.19. The topological polar surface area (TPSA) is 17.1 Å². The molecule has 0 atom stereocenters. The molecule has 0 spiro atoms. The monoisotopic (exact) mass is 324 g/mol. The Bertz CT molecular complexity index is 64.3. The van der Waals surface area contributed by atoms with Gasteiger partial charge in [-0.2, -0.15) is 6.42 Å². The van der Waals surface area contributed by atoms with Crippen molar-refractivity contribution in [3.63, 3.8) is 0 Å². The van der Waals surface area contributed by atoms with E-state index in [2.05, 4.69) is 6.92 Å². The summed E-state index contributed by atoms with van der Waals surface area (Å²) >= 11 is 0. The number of hydrogen-bond donors (Lipinski definition) is 0. The molecule has 0 radical (unpaired) electrons. The van der Waals surface area contributed by atoms with E-state index in [9.17, 15) is 4.79 Å². The molecular formula is C8H15AuO. The molecule has 0 heterocycles. The first-order valence-corrected chi connectivity index (χ1v) is 3.76. The van der Waals surface area contributed by atoms with Crippen molar-refractivity contribution in [3.05, 3.63) is 0 Å². The fraction of sp³-hybridized carbons (Fsp3) is 0.875. The first-order chi connectivity index (χ1) is 4.41. The predicted molar refractivity (Wildman–Crippen MR) is 39.1 cm³/mol. The van der Waals surface area contributed by atoms with Gasteiger partial charge in [0, 0.05) is 0 Å². The number of carbonyl (C=O) groups excluding carboxylic acids is 1. The van der Waals surface area contributed by atoms with Crippen molar-refractivity contribution in [1.29, 1.82) is 0 Å². The van der Waals surface area contributed by atoms with Crippen molar-refractivity contribution in [2.45, 2.75) is 45.4 Å². The Labute approximate surface area is 79.1 Å². The molecule has 0 N–H and O–H groups in total. The Hall–Kier alpha value is 0.410. The van der Waals surface area contributed by atoms with Gasteiger partial charge >= 0.3 is 22.4 Å². The van der Waals surface area contributed by atoms with Crippen LogP contribution in [0.2, 0.25) is 0 Å². The first kappa shape index (κ1) is 13.0. The van der Waals surface area contributed by atoms with Crippen molar-refractivity contribution in [2.75, 3.05) is 0 Å². The van der Waals surface area contributed by atoms with Crippen molar-refractivity contribution >= 4 is 6.29 Å². The molecule has 0 fully saturated rings. The molecular weight excluding hydrogens is 309 g/mol. The average Bonchev–Trinajstić information content (AvgIpc) is 1.89. The van der Waals surface area contributed by atoms with Crippen LogP contribution in [0.4, 0.5) is 0 Å². The van der Waals surface area contributed by atoms with Crippen LogP contribution >= 0.6 is 0 Å². The van der Waals surface area contributed by atoms with Crippen LogP contribution in [0.5, 0.6) is 0 Å². The molecule has 10 heavy (non-hydrogen) atoms. The maximum atomic E-state index is 9.71. The molecule has 0 aliphatic rings. The molecule has 0 aromatic carbocycles. The van der Waals surface area contributed by atoms with Crippen molar-refractivity contribution in [3.8, 4) is 0 Å². The van der Waals surface area contributed by atoms with Gasteiger partial charge in [0.2, 0.25) is 0 Å². The molecule has 0 aromatic rings. The summed E-state index contributed by atoms with van der Waals surface area (Å²) in [5.74, 6) is 0. The largest absolute Gasteiger partial charge is 1.00 e. The second-order valence-electron chi connectivity index (χ2n) is 2.31. The minimum absolute atomic E-state index is 0. The van der Waals surface area contributed by atoms with E-state index >= 15 is 0 Å². The summed E-state index contributed by atoms with van der Waals surface area (Å²) < 4.78 is 0. The standard InChI is InChI=1S/C8H15O.Au/c1-2-3-4-5-6-7-8-9;/h2-7H2,1H3;/q-1;+1. The van der Waals surface area contributed by atoms with Crippen molar-refractivity contribution < 1.29 is 27.2 Å². The zero-order chi connectivity index (χ0) is 6.95. The number of hydrogen-bond acceptors (Lipinski definition) is 1. The zero-order valence-corrected chi connectivity index (χ0v) is 8.62. The summed E-state index contributed by atoms with van der Waals surface area (Å²) in [5.41, 5.74) is 0. The van der Waals surface area contributed by atoms with Gasteiger partial charge in [0.1, 0.15) is 0 Å². The summed E-state index contributed by atoms with van der Waals surface area (Å²) in [7, 11) is 0. The molecule has 1 nitrogen and oxygen atoms in total. The summed E-state index contributed by atoms with van der Waals surface area (Å²) in [6.07, 6.45) is 8.60.